The Bertz CT molecular complexity index is 1030. The van der Waals surface area contributed by atoms with Crippen LogP contribution in [0.3, 0.4) is 0 Å². The number of carboxylic acids is 1. The smallest absolute Gasteiger partial charge is 0.410 e. The molecular weight excluding hydrogens is 402 g/mol. The van der Waals surface area contributed by atoms with Crippen molar-refractivity contribution in [3.63, 3.8) is 0 Å². The van der Waals surface area contributed by atoms with E-state index in [-0.39, 0.29) is 18.0 Å². The second-order valence-corrected chi connectivity index (χ2v) is 8.95. The minimum Gasteiger partial charge on any atom is -0.478 e. The van der Waals surface area contributed by atoms with E-state index in [0.717, 1.165) is 5.69 Å². The van der Waals surface area contributed by atoms with Crippen LogP contribution in [-0.2, 0) is 23.2 Å². The number of hydrogen-bond acceptors (Lipinski definition) is 6. The summed E-state index contributed by atoms with van der Waals surface area (Å²) in [4.78, 5) is 42.3. The van der Waals surface area contributed by atoms with Crippen LogP contribution in [0.1, 0.15) is 71.4 Å². The van der Waals surface area contributed by atoms with Gasteiger partial charge in [0.15, 0.2) is 0 Å². The van der Waals surface area contributed by atoms with E-state index in [1.807, 2.05) is 20.8 Å². The summed E-state index contributed by atoms with van der Waals surface area (Å²) in [5.74, 6) is -1.38. The molecule has 31 heavy (non-hydrogen) atoms. The van der Waals surface area contributed by atoms with E-state index in [4.69, 9.17) is 9.84 Å². The summed E-state index contributed by atoms with van der Waals surface area (Å²) in [6, 6.07) is 3.11. The molecule has 3 N–H and O–H groups in total. The molecule has 2 aromatic heterocycles. The molecule has 0 aromatic carbocycles. The fourth-order valence-corrected chi connectivity index (χ4v) is 3.61. The molecule has 0 atom stereocenters. The number of ether oxygens (including phenoxy) is 1. The predicted octanol–water partition coefficient (Wildman–Crippen LogP) is 2.22. The molecule has 1 aliphatic heterocycles. The van der Waals surface area contributed by atoms with E-state index in [1.165, 1.54) is 12.3 Å². The van der Waals surface area contributed by atoms with Crippen LogP contribution in [0.25, 0.3) is 0 Å². The molecule has 2 aliphatic rings. The Morgan fingerprint density at radius 3 is 2.58 bits per heavy atom. The summed E-state index contributed by atoms with van der Waals surface area (Å²) in [6.45, 7) is 6.13. The Morgan fingerprint density at radius 1 is 1.26 bits per heavy atom. The van der Waals surface area contributed by atoms with E-state index >= 15 is 0 Å². The molecular formula is C21H25N5O5. The van der Waals surface area contributed by atoms with Crippen LogP contribution in [0.5, 0.6) is 0 Å². The van der Waals surface area contributed by atoms with Crippen molar-refractivity contribution in [3.05, 3.63) is 46.5 Å². The topological polar surface area (TPSA) is 138 Å². The van der Waals surface area contributed by atoms with Crippen molar-refractivity contribution in [2.24, 2.45) is 0 Å². The highest BCUT2D eigenvalue weighted by atomic mass is 16.6. The average molecular weight is 427 g/mol. The second-order valence-electron chi connectivity index (χ2n) is 8.95. The highest BCUT2D eigenvalue weighted by Gasteiger charge is 2.47. The maximum absolute atomic E-state index is 13.0. The van der Waals surface area contributed by atoms with Gasteiger partial charge in [0.2, 0.25) is 0 Å². The second kappa shape index (κ2) is 7.36. The maximum Gasteiger partial charge on any atom is 0.410 e. The van der Waals surface area contributed by atoms with Crippen LogP contribution in [0.2, 0.25) is 0 Å². The molecule has 10 heteroatoms. The number of nitrogens with zero attached hydrogens (tertiary/aromatic N) is 3. The first-order valence-corrected chi connectivity index (χ1v) is 10.1. The maximum atomic E-state index is 13.0. The quantitative estimate of drug-likeness (QED) is 0.680. The van der Waals surface area contributed by atoms with Crippen molar-refractivity contribution < 1.29 is 24.2 Å². The van der Waals surface area contributed by atoms with E-state index in [1.54, 1.807) is 11.0 Å². The van der Waals surface area contributed by atoms with Crippen LogP contribution in [-0.4, -0.2) is 55.3 Å². The number of carboxylic acid groups (broad SMARTS) is 1. The first kappa shape index (κ1) is 20.8. The van der Waals surface area contributed by atoms with Crippen LogP contribution in [0.4, 0.5) is 4.79 Å². The van der Waals surface area contributed by atoms with Gasteiger partial charge in [0.05, 0.1) is 29.0 Å². The lowest BCUT2D eigenvalue weighted by Gasteiger charge is -2.30. The van der Waals surface area contributed by atoms with E-state index in [0.29, 0.717) is 42.8 Å². The summed E-state index contributed by atoms with van der Waals surface area (Å²) >= 11 is 0. The Balaban J connectivity index is 1.49. The SMILES string of the molecule is CC(C)(C)OC(=O)N1CCc2n[nH]c(C(=O)NC3(c4ccc(C(=O)O)cn4)CC3)c2C1. The zero-order valence-electron chi connectivity index (χ0n) is 17.7. The Kier molecular flexibility index (Phi) is 4.95. The molecule has 164 valence electrons. The summed E-state index contributed by atoms with van der Waals surface area (Å²) in [6.07, 6.45) is 2.81. The van der Waals surface area contributed by atoms with E-state index in [9.17, 15) is 14.4 Å². The van der Waals surface area contributed by atoms with Gasteiger partial charge in [-0.2, -0.15) is 5.10 Å². The van der Waals surface area contributed by atoms with Gasteiger partial charge < -0.3 is 20.1 Å². The van der Waals surface area contributed by atoms with Crippen molar-refractivity contribution in [2.45, 2.75) is 57.7 Å². The fraction of sp³-hybridized carbons (Fsp3) is 0.476. The van der Waals surface area contributed by atoms with Gasteiger partial charge in [-0.3, -0.25) is 14.9 Å². The lowest BCUT2D eigenvalue weighted by Crippen LogP contribution is -2.41. The lowest BCUT2D eigenvalue weighted by atomic mass is 10.0. The molecule has 1 saturated carbocycles. The van der Waals surface area contributed by atoms with Gasteiger partial charge in [-0.05, 0) is 45.7 Å². The minimum atomic E-state index is -1.05. The van der Waals surface area contributed by atoms with Gasteiger partial charge >= 0.3 is 12.1 Å². The molecule has 1 fully saturated rings. The minimum absolute atomic E-state index is 0.0933. The summed E-state index contributed by atoms with van der Waals surface area (Å²) in [5.41, 5.74) is 1.25. The Morgan fingerprint density at radius 2 is 2.00 bits per heavy atom. The molecule has 0 saturated heterocycles. The largest absolute Gasteiger partial charge is 0.478 e. The van der Waals surface area contributed by atoms with Crippen LogP contribution in [0.15, 0.2) is 18.3 Å². The van der Waals surface area contributed by atoms with Crippen LogP contribution in [0, 0.1) is 0 Å². The monoisotopic (exact) mass is 427 g/mol. The molecule has 3 heterocycles. The lowest BCUT2D eigenvalue weighted by molar-refractivity contribution is 0.0222. The van der Waals surface area contributed by atoms with Crippen LogP contribution >= 0.6 is 0 Å². The van der Waals surface area contributed by atoms with Gasteiger partial charge in [-0.1, -0.05) is 0 Å². The zero-order chi connectivity index (χ0) is 22.4. The number of nitrogens with one attached hydrogen (secondary N) is 2. The van der Waals surface area contributed by atoms with Gasteiger partial charge in [0.25, 0.3) is 5.91 Å². The average Bonchev–Trinajstić information content (AvgIpc) is 3.35. The highest BCUT2D eigenvalue weighted by Crippen LogP contribution is 2.44. The van der Waals surface area contributed by atoms with Gasteiger partial charge in [-0.15, -0.1) is 0 Å². The molecule has 2 aromatic rings. The van der Waals surface area contributed by atoms with Crippen molar-refractivity contribution in [1.82, 2.24) is 25.4 Å². The molecule has 4 rings (SSSR count). The molecule has 1 aliphatic carbocycles. The number of hydrogen-bond donors (Lipinski definition) is 3. The Hall–Kier alpha value is -3.43. The van der Waals surface area contributed by atoms with E-state index in [2.05, 4.69) is 20.5 Å². The summed E-state index contributed by atoms with van der Waals surface area (Å²) in [7, 11) is 0. The van der Waals surface area contributed by atoms with Crippen molar-refractivity contribution >= 4 is 18.0 Å². The number of fused-ring (bicyclic) bond motifs is 1. The molecule has 0 unspecified atom stereocenters. The standard InChI is InChI=1S/C21H25N5O5/c1-20(2,3)31-19(30)26-9-6-14-13(11-26)16(25-24-14)17(27)23-21(7-8-21)15-5-4-12(10-22-15)18(28)29/h4-5,10H,6-9,11H2,1-3H3,(H,23,27)(H,24,25)(H,28,29). The molecule has 0 radical (unpaired) electrons. The highest BCUT2D eigenvalue weighted by molar-refractivity contribution is 5.95. The third-order valence-electron chi connectivity index (χ3n) is 5.40. The molecule has 0 bridgehead atoms. The molecule has 10 nitrogen and oxygen atoms in total. The number of rotatable bonds is 4. The van der Waals surface area contributed by atoms with Crippen molar-refractivity contribution in [2.75, 3.05) is 6.54 Å². The zero-order valence-corrected chi connectivity index (χ0v) is 17.7. The Labute approximate surface area is 179 Å². The van der Waals surface area contributed by atoms with Crippen molar-refractivity contribution in [3.8, 4) is 0 Å². The first-order chi connectivity index (χ1) is 14.6. The number of H-pyrrole nitrogens is 1. The molecule has 0 spiro atoms. The predicted molar refractivity (Wildman–Crippen MR) is 109 cm³/mol. The third-order valence-corrected chi connectivity index (χ3v) is 5.40. The number of aromatic carboxylic acids is 1. The normalized spacial score (nSPS) is 16.9. The number of amides is 2. The first-order valence-electron chi connectivity index (χ1n) is 10.1. The number of aromatic nitrogens is 3. The van der Waals surface area contributed by atoms with Gasteiger partial charge in [-0.25, -0.2) is 9.59 Å². The number of carbonyl (C=O) groups excluding carboxylic acids is 2. The molecule has 2 amide bonds. The summed E-state index contributed by atoms with van der Waals surface area (Å²) in [5, 5.41) is 19.1. The van der Waals surface area contributed by atoms with Crippen LogP contribution < -0.4 is 5.32 Å². The fourth-order valence-electron chi connectivity index (χ4n) is 3.61. The number of pyridine rings is 1. The van der Waals surface area contributed by atoms with Gasteiger partial charge in [0.1, 0.15) is 11.3 Å². The van der Waals surface area contributed by atoms with E-state index < -0.39 is 23.2 Å². The van der Waals surface area contributed by atoms with Gasteiger partial charge in [0, 0.05) is 24.7 Å². The number of aromatic amines is 1. The van der Waals surface area contributed by atoms with Crippen molar-refractivity contribution in [1.29, 1.82) is 0 Å². The summed E-state index contributed by atoms with van der Waals surface area (Å²) < 4.78 is 5.45. The third kappa shape index (κ3) is 4.23. The number of carbonyl (C=O) groups is 3.